The maximum Gasteiger partial charge on any atom is 0.0332 e. The molecule has 0 radical (unpaired) electrons. The zero-order valence-electron chi connectivity index (χ0n) is 12.1. The van der Waals surface area contributed by atoms with Crippen LogP contribution in [0.2, 0.25) is 0 Å². The lowest BCUT2D eigenvalue weighted by atomic mass is 9.92. The first kappa shape index (κ1) is 12.8. The Balaban J connectivity index is 2.40. The second-order valence-corrected chi connectivity index (χ2v) is 6.44. The van der Waals surface area contributed by atoms with Gasteiger partial charge in [0.2, 0.25) is 0 Å². The predicted molar refractivity (Wildman–Crippen MR) is 96.1 cm³/mol. The molecular weight excluding hydrogens is 320 g/mol. The molecular formula is C20H15Br. The molecule has 4 rings (SSSR count). The Morgan fingerprint density at radius 1 is 0.667 bits per heavy atom. The molecule has 21 heavy (non-hydrogen) atoms. The van der Waals surface area contributed by atoms with E-state index in [-0.39, 0.29) is 0 Å². The van der Waals surface area contributed by atoms with Crippen LogP contribution < -0.4 is 0 Å². The molecule has 0 spiro atoms. The van der Waals surface area contributed by atoms with Crippen LogP contribution in [0.5, 0.6) is 0 Å². The van der Waals surface area contributed by atoms with Gasteiger partial charge in [-0.3, -0.25) is 0 Å². The molecule has 4 aromatic carbocycles. The van der Waals surface area contributed by atoms with Crippen molar-refractivity contribution in [3.8, 4) is 0 Å². The summed E-state index contributed by atoms with van der Waals surface area (Å²) in [6.45, 7) is 4.44. The van der Waals surface area contributed by atoms with E-state index in [4.69, 9.17) is 0 Å². The first-order valence-electron chi connectivity index (χ1n) is 7.17. The Kier molecular flexibility index (Phi) is 2.80. The van der Waals surface area contributed by atoms with Gasteiger partial charge in [0.25, 0.3) is 0 Å². The molecule has 0 saturated heterocycles. The molecule has 0 aliphatic heterocycles. The van der Waals surface area contributed by atoms with Crippen LogP contribution in [-0.4, -0.2) is 0 Å². The van der Waals surface area contributed by atoms with E-state index in [0.717, 1.165) is 0 Å². The van der Waals surface area contributed by atoms with E-state index in [1.165, 1.54) is 47.9 Å². The Bertz CT molecular complexity index is 1010. The molecule has 0 atom stereocenters. The van der Waals surface area contributed by atoms with Crippen molar-refractivity contribution in [1.82, 2.24) is 0 Å². The first-order chi connectivity index (χ1) is 10.2. The van der Waals surface area contributed by atoms with E-state index in [1.807, 2.05) is 0 Å². The molecule has 0 nitrogen and oxygen atoms in total. The summed E-state index contributed by atoms with van der Waals surface area (Å²) in [5.74, 6) is 0. The SMILES string of the molecule is Cc1cccc2ccc3c(Br)c4ccccc4c(C)c3c12. The van der Waals surface area contributed by atoms with Gasteiger partial charge in [0.15, 0.2) is 0 Å². The molecule has 0 bridgehead atoms. The van der Waals surface area contributed by atoms with Crippen molar-refractivity contribution < 1.29 is 0 Å². The number of fused-ring (bicyclic) bond motifs is 4. The van der Waals surface area contributed by atoms with E-state index < -0.39 is 0 Å². The summed E-state index contributed by atoms with van der Waals surface area (Å²) in [6, 6.07) is 19.6. The summed E-state index contributed by atoms with van der Waals surface area (Å²) in [7, 11) is 0. The number of benzene rings is 4. The summed E-state index contributed by atoms with van der Waals surface area (Å²) < 4.78 is 1.20. The van der Waals surface area contributed by atoms with E-state index >= 15 is 0 Å². The Labute approximate surface area is 132 Å². The lowest BCUT2D eigenvalue weighted by Crippen LogP contribution is -1.89. The van der Waals surface area contributed by atoms with Crippen LogP contribution in [0, 0.1) is 13.8 Å². The van der Waals surface area contributed by atoms with E-state index in [0.29, 0.717) is 0 Å². The third-order valence-corrected chi connectivity index (χ3v) is 5.29. The molecule has 1 heteroatoms. The van der Waals surface area contributed by atoms with Gasteiger partial charge in [-0.25, -0.2) is 0 Å². The third kappa shape index (κ3) is 1.74. The number of rotatable bonds is 0. The molecule has 4 aromatic rings. The van der Waals surface area contributed by atoms with Gasteiger partial charge in [-0.2, -0.15) is 0 Å². The number of hydrogen-bond donors (Lipinski definition) is 0. The lowest BCUT2D eigenvalue weighted by Gasteiger charge is -2.14. The lowest BCUT2D eigenvalue weighted by molar-refractivity contribution is 1.53. The van der Waals surface area contributed by atoms with Crippen molar-refractivity contribution in [3.63, 3.8) is 0 Å². The van der Waals surface area contributed by atoms with Crippen molar-refractivity contribution in [1.29, 1.82) is 0 Å². The standard InChI is InChI=1S/C20H15Br/c1-12-6-5-7-14-10-11-17-19(18(12)14)13(2)15-8-3-4-9-16(15)20(17)21/h3-11H,1-2H3. The Morgan fingerprint density at radius 3 is 2.24 bits per heavy atom. The molecule has 0 aromatic heterocycles. The van der Waals surface area contributed by atoms with Gasteiger partial charge in [0.05, 0.1) is 0 Å². The zero-order valence-corrected chi connectivity index (χ0v) is 13.7. The van der Waals surface area contributed by atoms with Gasteiger partial charge in [-0.1, -0.05) is 54.6 Å². The summed E-state index contributed by atoms with van der Waals surface area (Å²) >= 11 is 3.83. The van der Waals surface area contributed by atoms with Crippen molar-refractivity contribution in [2.24, 2.45) is 0 Å². The quantitative estimate of drug-likeness (QED) is 0.253. The fourth-order valence-electron chi connectivity index (χ4n) is 3.42. The highest BCUT2D eigenvalue weighted by Gasteiger charge is 2.12. The van der Waals surface area contributed by atoms with Gasteiger partial charge in [-0.15, -0.1) is 0 Å². The first-order valence-corrected chi connectivity index (χ1v) is 7.96. The molecule has 0 aliphatic carbocycles. The molecule has 0 fully saturated rings. The summed E-state index contributed by atoms with van der Waals surface area (Å²) in [4.78, 5) is 0. The summed E-state index contributed by atoms with van der Waals surface area (Å²) in [6.07, 6.45) is 0. The highest BCUT2D eigenvalue weighted by Crippen LogP contribution is 2.40. The molecule has 0 saturated carbocycles. The molecule has 0 amide bonds. The minimum absolute atomic E-state index is 1.20. The molecule has 0 heterocycles. The minimum atomic E-state index is 1.20. The van der Waals surface area contributed by atoms with Gasteiger partial charge < -0.3 is 0 Å². The normalized spacial score (nSPS) is 11.6. The Morgan fingerprint density at radius 2 is 1.43 bits per heavy atom. The van der Waals surface area contributed by atoms with Crippen molar-refractivity contribution in [3.05, 3.63) is 70.2 Å². The highest BCUT2D eigenvalue weighted by atomic mass is 79.9. The van der Waals surface area contributed by atoms with Crippen LogP contribution in [0.1, 0.15) is 11.1 Å². The minimum Gasteiger partial charge on any atom is -0.0616 e. The fourth-order valence-corrected chi connectivity index (χ4v) is 4.09. The second kappa shape index (κ2) is 4.57. The summed E-state index contributed by atoms with van der Waals surface area (Å²) in [5.41, 5.74) is 2.70. The van der Waals surface area contributed by atoms with Crippen LogP contribution in [0.25, 0.3) is 32.3 Å². The second-order valence-electron chi connectivity index (χ2n) is 5.65. The van der Waals surface area contributed by atoms with Crippen molar-refractivity contribution in [2.75, 3.05) is 0 Å². The van der Waals surface area contributed by atoms with Crippen LogP contribution in [0.4, 0.5) is 0 Å². The monoisotopic (exact) mass is 334 g/mol. The smallest absolute Gasteiger partial charge is 0.0332 e. The zero-order chi connectivity index (χ0) is 14.6. The van der Waals surface area contributed by atoms with Crippen LogP contribution >= 0.6 is 15.9 Å². The number of aryl methyl sites for hydroxylation is 2. The average Bonchev–Trinajstić information content (AvgIpc) is 2.52. The molecule has 0 aliphatic rings. The van der Waals surface area contributed by atoms with E-state index in [2.05, 4.69) is 84.4 Å². The Hall–Kier alpha value is -1.86. The van der Waals surface area contributed by atoms with E-state index in [9.17, 15) is 0 Å². The van der Waals surface area contributed by atoms with Gasteiger partial charge >= 0.3 is 0 Å². The van der Waals surface area contributed by atoms with Crippen LogP contribution in [-0.2, 0) is 0 Å². The molecule has 102 valence electrons. The highest BCUT2D eigenvalue weighted by molar-refractivity contribution is 9.10. The number of halogens is 1. The van der Waals surface area contributed by atoms with Gasteiger partial charge in [0, 0.05) is 4.47 Å². The van der Waals surface area contributed by atoms with E-state index in [1.54, 1.807) is 0 Å². The predicted octanol–water partition coefficient (Wildman–Crippen LogP) is 6.53. The van der Waals surface area contributed by atoms with Crippen LogP contribution in [0.3, 0.4) is 0 Å². The maximum absolute atomic E-state index is 3.83. The molecule has 0 N–H and O–H groups in total. The van der Waals surface area contributed by atoms with Crippen LogP contribution in [0.15, 0.2) is 59.1 Å². The summed E-state index contributed by atoms with van der Waals surface area (Å²) in [5, 5.41) is 7.97. The number of hydrogen-bond acceptors (Lipinski definition) is 0. The van der Waals surface area contributed by atoms with Gasteiger partial charge in [0.1, 0.15) is 0 Å². The largest absolute Gasteiger partial charge is 0.0616 e. The fraction of sp³-hybridized carbons (Fsp3) is 0.100. The van der Waals surface area contributed by atoms with Crippen molar-refractivity contribution >= 4 is 48.2 Å². The van der Waals surface area contributed by atoms with Gasteiger partial charge in [-0.05, 0) is 73.2 Å². The van der Waals surface area contributed by atoms with Crippen molar-refractivity contribution in [2.45, 2.75) is 13.8 Å². The average molecular weight is 335 g/mol. The third-order valence-electron chi connectivity index (χ3n) is 4.43. The maximum atomic E-state index is 3.83. The molecule has 0 unspecified atom stereocenters. The topological polar surface area (TPSA) is 0 Å².